The van der Waals surface area contributed by atoms with Gasteiger partial charge in [0.2, 0.25) is 0 Å². The molecule has 180 valence electrons. The van der Waals surface area contributed by atoms with E-state index in [1.54, 1.807) is 4.52 Å². The molecule has 1 aliphatic heterocycles. The first-order valence-electron chi connectivity index (χ1n) is 12.0. The Morgan fingerprint density at radius 2 is 1.63 bits per heavy atom. The van der Waals surface area contributed by atoms with Crippen LogP contribution in [0.1, 0.15) is 42.5 Å². The van der Waals surface area contributed by atoms with E-state index in [1.807, 2.05) is 47.4 Å². The lowest BCUT2D eigenvalue weighted by Crippen LogP contribution is -2.48. The van der Waals surface area contributed by atoms with Gasteiger partial charge in [-0.2, -0.15) is 5.10 Å². The fourth-order valence-corrected chi connectivity index (χ4v) is 4.65. The van der Waals surface area contributed by atoms with Crippen LogP contribution < -0.4 is 0 Å². The van der Waals surface area contributed by atoms with Crippen molar-refractivity contribution in [2.24, 2.45) is 0 Å². The molecule has 0 aliphatic carbocycles. The number of hydrogen-bond acceptors (Lipinski definition) is 4. The van der Waals surface area contributed by atoms with Gasteiger partial charge in [0.25, 0.3) is 5.91 Å². The van der Waals surface area contributed by atoms with Crippen molar-refractivity contribution in [2.45, 2.75) is 32.7 Å². The maximum absolute atomic E-state index is 13.8. The molecule has 1 aliphatic rings. The van der Waals surface area contributed by atoms with Crippen LogP contribution in [0.2, 0.25) is 5.02 Å². The molecule has 0 radical (unpaired) electrons. The average molecular weight is 488 g/mol. The van der Waals surface area contributed by atoms with Crippen LogP contribution >= 0.6 is 11.6 Å². The van der Waals surface area contributed by atoms with Gasteiger partial charge in [-0.25, -0.2) is 9.50 Å². The largest absolute Gasteiger partial charge is 0.335 e. The summed E-state index contributed by atoms with van der Waals surface area (Å²) in [5.74, 6) is -0.0337. The Kier molecular flexibility index (Phi) is 6.34. The Hall–Kier alpha value is -3.22. The monoisotopic (exact) mass is 487 g/mol. The smallest absolute Gasteiger partial charge is 0.272 e. The van der Waals surface area contributed by atoms with Crippen LogP contribution in [0.15, 0.2) is 66.7 Å². The molecule has 3 heterocycles. The maximum Gasteiger partial charge on any atom is 0.272 e. The van der Waals surface area contributed by atoms with Crippen LogP contribution in [0.5, 0.6) is 0 Å². The fraction of sp³-hybridized carbons (Fsp3) is 0.321. The highest BCUT2D eigenvalue weighted by Gasteiger charge is 2.27. The van der Waals surface area contributed by atoms with Crippen molar-refractivity contribution < 1.29 is 4.79 Å². The zero-order valence-corrected chi connectivity index (χ0v) is 21.2. The topological polar surface area (TPSA) is 53.7 Å². The van der Waals surface area contributed by atoms with Gasteiger partial charge in [0.05, 0.1) is 11.4 Å². The van der Waals surface area contributed by atoms with E-state index in [4.69, 9.17) is 21.7 Å². The number of nitrogens with zero attached hydrogens (tertiary/aromatic N) is 5. The van der Waals surface area contributed by atoms with Crippen LogP contribution in [0, 0.1) is 0 Å². The minimum absolute atomic E-state index is 0.0337. The van der Waals surface area contributed by atoms with E-state index in [1.165, 1.54) is 5.56 Å². The molecule has 5 rings (SSSR count). The standard InChI is InChI=1S/C28H30ClN5O/c1-28(2,3)25-18-26-30-23(21-11-7-8-12-22(21)29)17-24(34(26)31-25)27(35)33-15-13-32(14-16-33)19-20-9-5-4-6-10-20/h4-12,17-18H,13-16,19H2,1-3H3. The summed E-state index contributed by atoms with van der Waals surface area (Å²) in [5, 5.41) is 5.40. The van der Waals surface area contributed by atoms with Crippen LogP contribution in [-0.2, 0) is 12.0 Å². The summed E-state index contributed by atoms with van der Waals surface area (Å²) in [5.41, 5.74) is 4.66. The number of rotatable bonds is 4. The van der Waals surface area contributed by atoms with E-state index in [2.05, 4.69) is 49.9 Å². The van der Waals surface area contributed by atoms with Gasteiger partial charge in [-0.05, 0) is 17.7 Å². The van der Waals surface area contributed by atoms with Gasteiger partial charge >= 0.3 is 0 Å². The summed E-state index contributed by atoms with van der Waals surface area (Å²) < 4.78 is 1.69. The maximum atomic E-state index is 13.8. The number of hydrogen-bond donors (Lipinski definition) is 0. The van der Waals surface area contributed by atoms with Gasteiger partial charge in [-0.1, -0.05) is 80.9 Å². The number of carbonyl (C=O) groups is 1. The molecule has 1 amide bonds. The second kappa shape index (κ2) is 9.44. The highest BCUT2D eigenvalue weighted by molar-refractivity contribution is 6.33. The van der Waals surface area contributed by atoms with Gasteiger partial charge in [0.15, 0.2) is 5.65 Å². The van der Waals surface area contributed by atoms with E-state index in [0.29, 0.717) is 35.1 Å². The molecule has 0 bridgehead atoms. The molecular weight excluding hydrogens is 458 g/mol. The number of amides is 1. The predicted molar refractivity (Wildman–Crippen MR) is 140 cm³/mol. The molecule has 6 nitrogen and oxygen atoms in total. The van der Waals surface area contributed by atoms with Crippen molar-refractivity contribution in [3.63, 3.8) is 0 Å². The van der Waals surface area contributed by atoms with Crippen LogP contribution in [0.3, 0.4) is 0 Å². The van der Waals surface area contributed by atoms with Crippen molar-refractivity contribution in [3.05, 3.63) is 88.7 Å². The summed E-state index contributed by atoms with van der Waals surface area (Å²) in [4.78, 5) is 22.9. The van der Waals surface area contributed by atoms with Gasteiger partial charge in [-0.3, -0.25) is 9.69 Å². The zero-order valence-electron chi connectivity index (χ0n) is 20.4. The highest BCUT2D eigenvalue weighted by atomic mass is 35.5. The second-order valence-corrected chi connectivity index (χ2v) is 10.5. The highest BCUT2D eigenvalue weighted by Crippen LogP contribution is 2.29. The van der Waals surface area contributed by atoms with E-state index < -0.39 is 0 Å². The molecule has 2 aromatic carbocycles. The van der Waals surface area contributed by atoms with Crippen molar-refractivity contribution in [1.29, 1.82) is 0 Å². The Balaban J connectivity index is 1.46. The Morgan fingerprint density at radius 3 is 2.31 bits per heavy atom. The molecule has 2 aromatic heterocycles. The minimum Gasteiger partial charge on any atom is -0.335 e. The molecule has 1 saturated heterocycles. The Bertz CT molecular complexity index is 1350. The third kappa shape index (κ3) is 4.95. The molecule has 0 saturated carbocycles. The van der Waals surface area contributed by atoms with Gasteiger partial charge in [-0.15, -0.1) is 0 Å². The third-order valence-corrected chi connectivity index (χ3v) is 6.80. The predicted octanol–water partition coefficient (Wildman–Crippen LogP) is 5.31. The number of piperazine rings is 1. The van der Waals surface area contributed by atoms with Gasteiger partial charge in [0.1, 0.15) is 5.69 Å². The first kappa shape index (κ1) is 23.5. The summed E-state index contributed by atoms with van der Waals surface area (Å²) in [7, 11) is 0. The zero-order chi connectivity index (χ0) is 24.6. The summed E-state index contributed by atoms with van der Waals surface area (Å²) >= 11 is 6.49. The molecule has 0 unspecified atom stereocenters. The number of fused-ring (bicyclic) bond motifs is 1. The van der Waals surface area contributed by atoms with Crippen LogP contribution in [0.25, 0.3) is 16.9 Å². The van der Waals surface area contributed by atoms with Crippen molar-refractivity contribution >= 4 is 23.2 Å². The van der Waals surface area contributed by atoms with Gasteiger partial charge < -0.3 is 4.90 Å². The summed E-state index contributed by atoms with van der Waals surface area (Å²) in [6.07, 6.45) is 0. The number of benzene rings is 2. The normalized spacial score (nSPS) is 15.0. The molecule has 0 atom stereocenters. The fourth-order valence-electron chi connectivity index (χ4n) is 4.41. The van der Waals surface area contributed by atoms with E-state index in [0.717, 1.165) is 30.9 Å². The lowest BCUT2D eigenvalue weighted by Gasteiger charge is -2.34. The Morgan fingerprint density at radius 1 is 0.943 bits per heavy atom. The molecular formula is C28H30ClN5O. The summed E-state index contributed by atoms with van der Waals surface area (Å²) in [6, 6.07) is 21.8. The van der Waals surface area contributed by atoms with E-state index in [9.17, 15) is 4.79 Å². The molecule has 0 N–H and O–H groups in total. The first-order valence-corrected chi connectivity index (χ1v) is 12.4. The molecule has 7 heteroatoms. The average Bonchev–Trinajstić information content (AvgIpc) is 3.30. The van der Waals surface area contributed by atoms with Crippen molar-refractivity contribution in [1.82, 2.24) is 24.4 Å². The molecule has 35 heavy (non-hydrogen) atoms. The number of aromatic nitrogens is 3. The summed E-state index contributed by atoms with van der Waals surface area (Å²) in [6.45, 7) is 10.2. The first-order chi connectivity index (χ1) is 16.8. The number of halogens is 1. The van der Waals surface area contributed by atoms with E-state index in [-0.39, 0.29) is 11.3 Å². The lowest BCUT2D eigenvalue weighted by atomic mass is 9.93. The molecule has 1 fully saturated rings. The van der Waals surface area contributed by atoms with Crippen LogP contribution in [-0.4, -0.2) is 56.5 Å². The van der Waals surface area contributed by atoms with Gasteiger partial charge in [0, 0.05) is 54.8 Å². The molecule has 0 spiro atoms. The second-order valence-electron chi connectivity index (χ2n) is 10.1. The minimum atomic E-state index is -0.165. The Labute approximate surface area is 211 Å². The lowest BCUT2D eigenvalue weighted by molar-refractivity contribution is 0.0619. The third-order valence-electron chi connectivity index (χ3n) is 6.47. The molecule has 4 aromatic rings. The van der Waals surface area contributed by atoms with E-state index >= 15 is 0 Å². The quantitative estimate of drug-likeness (QED) is 0.391. The van der Waals surface area contributed by atoms with Crippen LogP contribution in [0.4, 0.5) is 0 Å². The van der Waals surface area contributed by atoms with Crippen molar-refractivity contribution in [2.75, 3.05) is 26.2 Å². The van der Waals surface area contributed by atoms with Crippen molar-refractivity contribution in [3.8, 4) is 11.3 Å². The number of carbonyl (C=O) groups excluding carboxylic acids is 1. The SMILES string of the molecule is CC(C)(C)c1cc2nc(-c3ccccc3Cl)cc(C(=O)N3CCN(Cc4ccccc4)CC3)n2n1.